The number of rotatable bonds is 3. The SMILES string of the molecule is O=C(NCCCl)C1CCSC1. The van der Waals surface area contributed by atoms with Crippen molar-refractivity contribution in [2.75, 3.05) is 23.9 Å². The Labute approximate surface area is 76.1 Å². The molecule has 1 N–H and O–H groups in total. The van der Waals surface area contributed by atoms with Crippen molar-refractivity contribution in [1.29, 1.82) is 0 Å². The van der Waals surface area contributed by atoms with Gasteiger partial charge in [-0.2, -0.15) is 11.8 Å². The molecule has 1 aliphatic rings. The van der Waals surface area contributed by atoms with E-state index in [1.165, 1.54) is 0 Å². The van der Waals surface area contributed by atoms with Gasteiger partial charge in [-0.15, -0.1) is 11.6 Å². The standard InChI is InChI=1S/C7H12ClNOS/c8-2-3-9-7(10)6-1-4-11-5-6/h6H,1-5H2,(H,9,10). The van der Waals surface area contributed by atoms with Crippen LogP contribution in [0.3, 0.4) is 0 Å². The number of halogens is 1. The Balaban J connectivity index is 2.17. The summed E-state index contributed by atoms with van der Waals surface area (Å²) in [6.45, 7) is 0.599. The van der Waals surface area contributed by atoms with Crippen molar-refractivity contribution >= 4 is 29.3 Å². The number of alkyl halides is 1. The van der Waals surface area contributed by atoms with Gasteiger partial charge in [-0.25, -0.2) is 0 Å². The van der Waals surface area contributed by atoms with Crippen LogP contribution in [-0.4, -0.2) is 29.8 Å². The van der Waals surface area contributed by atoms with E-state index >= 15 is 0 Å². The monoisotopic (exact) mass is 193 g/mol. The van der Waals surface area contributed by atoms with Crippen molar-refractivity contribution in [3.05, 3.63) is 0 Å². The molecule has 1 unspecified atom stereocenters. The second-order valence-electron chi connectivity index (χ2n) is 2.54. The van der Waals surface area contributed by atoms with Gasteiger partial charge in [-0.1, -0.05) is 0 Å². The average Bonchev–Trinajstić information content (AvgIpc) is 2.52. The fraction of sp³-hybridized carbons (Fsp3) is 0.857. The molecular formula is C7H12ClNOS. The summed E-state index contributed by atoms with van der Waals surface area (Å²) in [5.74, 6) is 3.03. The van der Waals surface area contributed by atoms with E-state index in [-0.39, 0.29) is 11.8 Å². The smallest absolute Gasteiger partial charge is 0.224 e. The van der Waals surface area contributed by atoms with Crippen molar-refractivity contribution < 1.29 is 4.79 Å². The molecule has 0 bridgehead atoms. The topological polar surface area (TPSA) is 29.1 Å². The predicted molar refractivity (Wildman–Crippen MR) is 49.2 cm³/mol. The highest BCUT2D eigenvalue weighted by Gasteiger charge is 2.22. The van der Waals surface area contributed by atoms with Crippen molar-refractivity contribution in [1.82, 2.24) is 5.32 Å². The van der Waals surface area contributed by atoms with Crippen LogP contribution in [0.5, 0.6) is 0 Å². The van der Waals surface area contributed by atoms with Gasteiger partial charge < -0.3 is 5.32 Å². The van der Waals surface area contributed by atoms with Gasteiger partial charge in [0.15, 0.2) is 0 Å². The molecule has 4 heteroatoms. The summed E-state index contributed by atoms with van der Waals surface area (Å²) < 4.78 is 0. The van der Waals surface area contributed by atoms with Crippen LogP contribution in [0.15, 0.2) is 0 Å². The Morgan fingerprint density at radius 2 is 2.55 bits per heavy atom. The number of carbonyl (C=O) groups is 1. The van der Waals surface area contributed by atoms with Gasteiger partial charge >= 0.3 is 0 Å². The number of hydrogen-bond acceptors (Lipinski definition) is 2. The van der Waals surface area contributed by atoms with Crippen LogP contribution in [0.4, 0.5) is 0 Å². The fourth-order valence-corrected chi connectivity index (χ4v) is 2.37. The van der Waals surface area contributed by atoms with Gasteiger partial charge in [0.05, 0.1) is 0 Å². The van der Waals surface area contributed by atoms with E-state index in [1.54, 1.807) is 0 Å². The van der Waals surface area contributed by atoms with E-state index < -0.39 is 0 Å². The van der Waals surface area contributed by atoms with Gasteiger partial charge in [-0.05, 0) is 12.2 Å². The lowest BCUT2D eigenvalue weighted by molar-refractivity contribution is -0.124. The van der Waals surface area contributed by atoms with Crippen molar-refractivity contribution in [3.8, 4) is 0 Å². The largest absolute Gasteiger partial charge is 0.355 e. The first-order chi connectivity index (χ1) is 5.34. The van der Waals surface area contributed by atoms with E-state index in [4.69, 9.17) is 11.6 Å². The highest BCUT2D eigenvalue weighted by Crippen LogP contribution is 2.23. The Bertz CT molecular complexity index is 136. The third-order valence-corrected chi connectivity index (χ3v) is 3.05. The normalized spacial score (nSPS) is 23.5. The van der Waals surface area contributed by atoms with Crippen LogP contribution in [-0.2, 0) is 4.79 Å². The van der Waals surface area contributed by atoms with Gasteiger partial charge in [0, 0.05) is 24.1 Å². The molecule has 2 nitrogen and oxygen atoms in total. The number of amides is 1. The third-order valence-electron chi connectivity index (χ3n) is 1.69. The van der Waals surface area contributed by atoms with Gasteiger partial charge in [0.1, 0.15) is 0 Å². The zero-order valence-electron chi connectivity index (χ0n) is 6.31. The first-order valence-electron chi connectivity index (χ1n) is 3.76. The molecule has 0 aliphatic carbocycles. The zero-order valence-corrected chi connectivity index (χ0v) is 7.88. The number of nitrogens with one attached hydrogen (secondary N) is 1. The quantitative estimate of drug-likeness (QED) is 0.681. The number of thioether (sulfide) groups is 1. The molecule has 1 atom stereocenters. The molecule has 0 radical (unpaired) electrons. The molecule has 0 aromatic carbocycles. The molecule has 11 heavy (non-hydrogen) atoms. The van der Waals surface area contributed by atoms with E-state index in [0.29, 0.717) is 12.4 Å². The Morgan fingerprint density at radius 3 is 3.09 bits per heavy atom. The molecule has 1 fully saturated rings. The minimum Gasteiger partial charge on any atom is -0.355 e. The van der Waals surface area contributed by atoms with Crippen molar-refractivity contribution in [3.63, 3.8) is 0 Å². The second-order valence-corrected chi connectivity index (χ2v) is 4.07. The summed E-state index contributed by atoms with van der Waals surface area (Å²) in [6, 6.07) is 0. The van der Waals surface area contributed by atoms with Crippen LogP contribution in [0.25, 0.3) is 0 Å². The Hall–Kier alpha value is 0.110. The van der Waals surface area contributed by atoms with E-state index in [9.17, 15) is 4.79 Å². The van der Waals surface area contributed by atoms with E-state index in [0.717, 1.165) is 17.9 Å². The molecule has 0 aromatic heterocycles. The highest BCUT2D eigenvalue weighted by atomic mass is 35.5. The summed E-state index contributed by atoms with van der Waals surface area (Å²) >= 11 is 7.28. The molecule has 0 spiro atoms. The fourth-order valence-electron chi connectivity index (χ4n) is 1.06. The summed E-state index contributed by atoms with van der Waals surface area (Å²) in [7, 11) is 0. The summed E-state index contributed by atoms with van der Waals surface area (Å²) in [6.07, 6.45) is 1.03. The van der Waals surface area contributed by atoms with Crippen LogP contribution >= 0.6 is 23.4 Å². The lowest BCUT2D eigenvalue weighted by Crippen LogP contribution is -2.31. The zero-order chi connectivity index (χ0) is 8.10. The maximum Gasteiger partial charge on any atom is 0.224 e. The molecule has 1 rings (SSSR count). The van der Waals surface area contributed by atoms with Crippen molar-refractivity contribution in [2.24, 2.45) is 5.92 Å². The van der Waals surface area contributed by atoms with Crippen LogP contribution in [0.1, 0.15) is 6.42 Å². The third kappa shape index (κ3) is 2.91. The minimum absolute atomic E-state index is 0.177. The van der Waals surface area contributed by atoms with Gasteiger partial charge in [-0.3, -0.25) is 4.79 Å². The lowest BCUT2D eigenvalue weighted by Gasteiger charge is -2.07. The molecule has 1 heterocycles. The summed E-state index contributed by atoms with van der Waals surface area (Å²) in [4.78, 5) is 11.2. The number of carbonyl (C=O) groups excluding carboxylic acids is 1. The first kappa shape index (κ1) is 9.20. The Morgan fingerprint density at radius 1 is 1.73 bits per heavy atom. The first-order valence-corrected chi connectivity index (χ1v) is 5.45. The maximum atomic E-state index is 11.2. The Kier molecular flexibility index (Phi) is 4.08. The molecule has 64 valence electrons. The van der Waals surface area contributed by atoms with Crippen LogP contribution < -0.4 is 5.32 Å². The molecule has 1 amide bonds. The lowest BCUT2D eigenvalue weighted by atomic mass is 10.1. The van der Waals surface area contributed by atoms with Crippen LogP contribution in [0, 0.1) is 5.92 Å². The van der Waals surface area contributed by atoms with E-state index in [1.807, 2.05) is 11.8 Å². The molecule has 0 aromatic rings. The average molecular weight is 194 g/mol. The molecular weight excluding hydrogens is 182 g/mol. The predicted octanol–water partition coefficient (Wildman–Crippen LogP) is 1.09. The maximum absolute atomic E-state index is 11.2. The minimum atomic E-state index is 0.177. The highest BCUT2D eigenvalue weighted by molar-refractivity contribution is 7.99. The number of hydrogen-bond donors (Lipinski definition) is 1. The second kappa shape index (κ2) is 4.88. The van der Waals surface area contributed by atoms with Crippen molar-refractivity contribution in [2.45, 2.75) is 6.42 Å². The summed E-state index contributed by atoms with van der Waals surface area (Å²) in [5, 5.41) is 2.79. The molecule has 0 saturated carbocycles. The van der Waals surface area contributed by atoms with E-state index in [2.05, 4.69) is 5.32 Å². The summed E-state index contributed by atoms with van der Waals surface area (Å²) in [5.41, 5.74) is 0. The van der Waals surface area contributed by atoms with Gasteiger partial charge in [0.2, 0.25) is 5.91 Å². The van der Waals surface area contributed by atoms with Crippen LogP contribution in [0.2, 0.25) is 0 Å². The molecule has 1 saturated heterocycles. The van der Waals surface area contributed by atoms with Gasteiger partial charge in [0.25, 0.3) is 0 Å². The molecule has 1 aliphatic heterocycles.